The van der Waals surface area contributed by atoms with Crippen LogP contribution < -0.4 is 9.47 Å². The summed E-state index contributed by atoms with van der Waals surface area (Å²) in [5.41, 5.74) is 1.08. The summed E-state index contributed by atoms with van der Waals surface area (Å²) in [4.78, 5) is 0. The zero-order valence-electron chi connectivity index (χ0n) is 9.46. The molecule has 0 unspecified atom stereocenters. The summed E-state index contributed by atoms with van der Waals surface area (Å²) in [5.74, 6) is 2.31. The largest absolute Gasteiger partial charge is 0.483 e. The summed E-state index contributed by atoms with van der Waals surface area (Å²) >= 11 is 0. The van der Waals surface area contributed by atoms with Gasteiger partial charge in [-0.2, -0.15) is 0 Å². The smallest absolute Gasteiger partial charge is 0.169 e. The second kappa shape index (κ2) is 3.30. The predicted molar refractivity (Wildman–Crippen MR) is 60.3 cm³/mol. The second-order valence-corrected chi connectivity index (χ2v) is 4.59. The normalized spacial score (nSPS) is 16.7. The molecule has 1 heterocycles. The summed E-state index contributed by atoms with van der Waals surface area (Å²) < 4.78 is 11.4. The van der Waals surface area contributed by atoms with Gasteiger partial charge in [-0.1, -0.05) is 18.7 Å². The first kappa shape index (κ1) is 10.1. The molecule has 2 nitrogen and oxygen atoms in total. The molecule has 0 aromatic heterocycles. The number of hydrogen-bond acceptors (Lipinski definition) is 2. The van der Waals surface area contributed by atoms with Crippen LogP contribution in [0.2, 0.25) is 0 Å². The molecule has 0 radical (unpaired) electrons. The molecule has 0 N–H and O–H groups in total. The van der Waals surface area contributed by atoms with E-state index in [9.17, 15) is 0 Å². The van der Waals surface area contributed by atoms with Crippen LogP contribution in [0.3, 0.4) is 0 Å². The zero-order valence-corrected chi connectivity index (χ0v) is 9.46. The molecule has 1 aromatic rings. The van der Waals surface area contributed by atoms with Crippen LogP contribution in [-0.4, -0.2) is 5.60 Å². The Morgan fingerprint density at radius 1 is 1.47 bits per heavy atom. The van der Waals surface area contributed by atoms with Crippen molar-refractivity contribution < 1.29 is 9.47 Å². The maximum atomic E-state index is 5.86. The van der Waals surface area contributed by atoms with Crippen molar-refractivity contribution in [1.29, 1.82) is 0 Å². The van der Waals surface area contributed by atoms with Gasteiger partial charge in [0.25, 0.3) is 0 Å². The van der Waals surface area contributed by atoms with Crippen molar-refractivity contribution in [2.45, 2.75) is 32.8 Å². The van der Waals surface area contributed by atoms with E-state index in [1.54, 1.807) is 0 Å². The lowest BCUT2D eigenvalue weighted by Gasteiger charge is -2.18. The van der Waals surface area contributed by atoms with Crippen LogP contribution in [0, 0.1) is 0 Å². The number of para-hydroxylation sites is 1. The zero-order chi connectivity index (χ0) is 11.1. The van der Waals surface area contributed by atoms with Crippen molar-refractivity contribution in [2.75, 3.05) is 0 Å². The first-order chi connectivity index (χ1) is 6.98. The fraction of sp³-hybridized carbons (Fsp3) is 0.385. The fourth-order valence-corrected chi connectivity index (χ4v) is 1.86. The Kier molecular flexibility index (Phi) is 2.22. The molecule has 0 spiro atoms. The Morgan fingerprint density at radius 2 is 2.20 bits per heavy atom. The second-order valence-electron chi connectivity index (χ2n) is 4.59. The molecule has 0 fully saturated rings. The number of rotatable bonds is 2. The highest BCUT2D eigenvalue weighted by Crippen LogP contribution is 2.42. The van der Waals surface area contributed by atoms with Gasteiger partial charge in [0.05, 0.1) is 5.76 Å². The van der Waals surface area contributed by atoms with Crippen LogP contribution in [0.25, 0.3) is 0 Å². The molecule has 0 aliphatic carbocycles. The Hall–Kier alpha value is -1.44. The number of ether oxygens (including phenoxy) is 2. The van der Waals surface area contributed by atoms with Crippen LogP contribution in [0.5, 0.6) is 11.5 Å². The van der Waals surface area contributed by atoms with E-state index >= 15 is 0 Å². The topological polar surface area (TPSA) is 18.5 Å². The first-order valence-corrected chi connectivity index (χ1v) is 5.12. The lowest BCUT2D eigenvalue weighted by Crippen LogP contribution is -2.24. The van der Waals surface area contributed by atoms with E-state index in [-0.39, 0.29) is 5.60 Å². The van der Waals surface area contributed by atoms with Crippen LogP contribution in [0.4, 0.5) is 0 Å². The molecule has 2 rings (SSSR count). The molecular formula is C13H16O2. The van der Waals surface area contributed by atoms with Crippen molar-refractivity contribution in [3.05, 3.63) is 36.1 Å². The molecule has 1 aliphatic heterocycles. The van der Waals surface area contributed by atoms with Gasteiger partial charge < -0.3 is 9.47 Å². The van der Waals surface area contributed by atoms with E-state index < -0.39 is 0 Å². The van der Waals surface area contributed by atoms with E-state index in [1.165, 1.54) is 5.56 Å². The van der Waals surface area contributed by atoms with Gasteiger partial charge in [0.1, 0.15) is 5.60 Å². The van der Waals surface area contributed by atoms with Crippen molar-refractivity contribution in [3.8, 4) is 11.5 Å². The van der Waals surface area contributed by atoms with Gasteiger partial charge in [-0.05, 0) is 26.8 Å². The molecule has 0 bridgehead atoms. The summed E-state index contributed by atoms with van der Waals surface area (Å²) in [6.45, 7) is 9.73. The molecule has 0 atom stereocenters. The van der Waals surface area contributed by atoms with Crippen LogP contribution >= 0.6 is 0 Å². The molecule has 1 aromatic carbocycles. The number of fused-ring (bicyclic) bond motifs is 1. The number of benzene rings is 1. The molecule has 2 heteroatoms. The molecule has 1 aliphatic rings. The Balaban J connectivity index is 2.37. The lowest BCUT2D eigenvalue weighted by molar-refractivity contribution is 0.134. The van der Waals surface area contributed by atoms with Crippen LogP contribution in [0.15, 0.2) is 30.5 Å². The average Bonchev–Trinajstić information content (AvgIpc) is 2.39. The Labute approximate surface area is 90.5 Å². The fourth-order valence-electron chi connectivity index (χ4n) is 1.86. The van der Waals surface area contributed by atoms with E-state index in [0.717, 1.165) is 17.9 Å². The Morgan fingerprint density at radius 3 is 2.87 bits per heavy atom. The van der Waals surface area contributed by atoms with Crippen molar-refractivity contribution in [3.63, 3.8) is 0 Å². The van der Waals surface area contributed by atoms with Gasteiger partial charge in [-0.3, -0.25) is 0 Å². The van der Waals surface area contributed by atoms with Gasteiger partial charge in [0.2, 0.25) is 0 Å². The SMILES string of the molecule is C=C(C)Oc1cccc2c1OC(C)(C)C2. The minimum Gasteiger partial charge on any atom is -0.483 e. The van der Waals surface area contributed by atoms with Crippen molar-refractivity contribution in [2.24, 2.45) is 0 Å². The Bertz CT molecular complexity index is 405. The molecule has 15 heavy (non-hydrogen) atoms. The van der Waals surface area contributed by atoms with E-state index in [4.69, 9.17) is 9.47 Å². The number of hydrogen-bond donors (Lipinski definition) is 0. The third kappa shape index (κ3) is 1.99. The van der Waals surface area contributed by atoms with Crippen LogP contribution in [-0.2, 0) is 6.42 Å². The summed E-state index contributed by atoms with van der Waals surface area (Å²) in [6.07, 6.45) is 0.926. The average molecular weight is 204 g/mol. The summed E-state index contributed by atoms with van der Waals surface area (Å²) in [6, 6.07) is 5.98. The number of allylic oxidation sites excluding steroid dienone is 1. The van der Waals surface area contributed by atoms with Gasteiger partial charge in [0, 0.05) is 12.0 Å². The van der Waals surface area contributed by atoms with Crippen LogP contribution in [0.1, 0.15) is 26.3 Å². The minimum absolute atomic E-state index is 0.128. The highest BCUT2D eigenvalue weighted by atomic mass is 16.5. The summed E-state index contributed by atoms with van der Waals surface area (Å²) in [7, 11) is 0. The van der Waals surface area contributed by atoms with Gasteiger partial charge in [-0.25, -0.2) is 0 Å². The van der Waals surface area contributed by atoms with E-state index in [1.807, 2.05) is 19.1 Å². The molecule has 0 saturated heterocycles. The van der Waals surface area contributed by atoms with Gasteiger partial charge >= 0.3 is 0 Å². The lowest BCUT2D eigenvalue weighted by atomic mass is 10.0. The molecular weight excluding hydrogens is 188 g/mol. The van der Waals surface area contributed by atoms with E-state index in [0.29, 0.717) is 5.76 Å². The van der Waals surface area contributed by atoms with E-state index in [2.05, 4.69) is 26.5 Å². The molecule has 0 amide bonds. The third-order valence-electron chi connectivity index (χ3n) is 2.34. The molecule has 80 valence electrons. The van der Waals surface area contributed by atoms with Crippen molar-refractivity contribution in [1.82, 2.24) is 0 Å². The highest BCUT2D eigenvalue weighted by Gasteiger charge is 2.32. The predicted octanol–water partition coefficient (Wildman–Crippen LogP) is 3.31. The molecule has 0 saturated carbocycles. The summed E-state index contributed by atoms with van der Waals surface area (Å²) in [5, 5.41) is 0. The maximum Gasteiger partial charge on any atom is 0.169 e. The first-order valence-electron chi connectivity index (χ1n) is 5.12. The van der Waals surface area contributed by atoms with Crippen molar-refractivity contribution >= 4 is 0 Å². The van der Waals surface area contributed by atoms with Gasteiger partial charge in [-0.15, -0.1) is 0 Å². The maximum absolute atomic E-state index is 5.86. The third-order valence-corrected chi connectivity index (χ3v) is 2.34. The monoisotopic (exact) mass is 204 g/mol. The van der Waals surface area contributed by atoms with Gasteiger partial charge in [0.15, 0.2) is 11.5 Å². The standard InChI is InChI=1S/C13H16O2/c1-9(2)14-11-7-5-6-10-8-13(3,4)15-12(10)11/h5-7H,1,8H2,2-4H3. The highest BCUT2D eigenvalue weighted by molar-refractivity contribution is 5.50. The quantitative estimate of drug-likeness (QED) is 0.688. The minimum atomic E-state index is -0.128.